The van der Waals surface area contributed by atoms with Crippen LogP contribution in [0.1, 0.15) is 46.5 Å². The summed E-state index contributed by atoms with van der Waals surface area (Å²) in [5.74, 6) is -4.32. The van der Waals surface area contributed by atoms with Crippen molar-refractivity contribution in [3.8, 4) is 0 Å². The van der Waals surface area contributed by atoms with Crippen LogP contribution in [-0.2, 0) is 28.6 Å². The van der Waals surface area contributed by atoms with Gasteiger partial charge >= 0.3 is 30.3 Å². The predicted octanol–water partition coefficient (Wildman–Crippen LogP) is 3.67. The molecule has 0 atom stereocenters. The van der Waals surface area contributed by atoms with Gasteiger partial charge in [0.25, 0.3) is 6.10 Å². The van der Waals surface area contributed by atoms with Gasteiger partial charge in [-0.2, -0.15) is 26.3 Å². The van der Waals surface area contributed by atoms with Crippen molar-refractivity contribution < 1.29 is 54.9 Å². The number of hydrogen-bond acceptors (Lipinski definition) is 6. The van der Waals surface area contributed by atoms with Gasteiger partial charge in [0, 0.05) is 6.42 Å². The van der Waals surface area contributed by atoms with Crippen molar-refractivity contribution in [1.82, 2.24) is 0 Å². The lowest BCUT2D eigenvalue weighted by Crippen LogP contribution is -2.45. The van der Waals surface area contributed by atoms with Crippen LogP contribution < -0.4 is 0 Å². The number of halogens is 6. The predicted molar refractivity (Wildman–Crippen MR) is 77.0 cm³/mol. The molecule has 158 valence electrons. The highest BCUT2D eigenvalue weighted by Crippen LogP contribution is 2.35. The summed E-state index contributed by atoms with van der Waals surface area (Å²) in [5.41, 5.74) is -0.118. The fraction of sp³-hybridized carbons (Fsp3) is 0.800. The first-order chi connectivity index (χ1) is 12.1. The molecule has 0 rings (SSSR count). The molecule has 0 unspecified atom stereocenters. The van der Waals surface area contributed by atoms with Crippen LogP contribution in [0.25, 0.3) is 0 Å². The van der Waals surface area contributed by atoms with Gasteiger partial charge in [-0.25, -0.2) is 0 Å². The van der Waals surface area contributed by atoms with Crippen LogP contribution in [0.4, 0.5) is 26.3 Å². The van der Waals surface area contributed by atoms with Crippen molar-refractivity contribution in [1.29, 1.82) is 0 Å². The fourth-order valence-corrected chi connectivity index (χ4v) is 1.51. The third-order valence-electron chi connectivity index (χ3n) is 3.54. The second kappa shape index (κ2) is 9.79. The summed E-state index contributed by atoms with van der Waals surface area (Å²) in [5, 5.41) is 0. The zero-order valence-electron chi connectivity index (χ0n) is 14.8. The van der Waals surface area contributed by atoms with Crippen LogP contribution in [0.15, 0.2) is 0 Å². The minimum Gasteiger partial charge on any atom is -0.442 e. The highest BCUT2D eigenvalue weighted by atomic mass is 19.4. The highest BCUT2D eigenvalue weighted by molar-refractivity contribution is 5.91. The van der Waals surface area contributed by atoms with Crippen LogP contribution in [0.3, 0.4) is 0 Å². The molecule has 12 heteroatoms. The molecule has 0 bridgehead atoms. The van der Waals surface area contributed by atoms with Crippen molar-refractivity contribution in [2.75, 3.05) is 6.79 Å². The van der Waals surface area contributed by atoms with Crippen LogP contribution in [0.2, 0.25) is 0 Å². The largest absolute Gasteiger partial charge is 0.442 e. The number of carbonyl (C=O) groups is 3. The van der Waals surface area contributed by atoms with Crippen LogP contribution in [0, 0.1) is 5.41 Å². The average molecular weight is 410 g/mol. The maximum atomic E-state index is 12.2. The van der Waals surface area contributed by atoms with Gasteiger partial charge < -0.3 is 14.2 Å². The van der Waals surface area contributed by atoms with Crippen molar-refractivity contribution in [3.05, 3.63) is 0 Å². The Labute approximate surface area is 151 Å². The first-order valence-corrected chi connectivity index (χ1v) is 7.72. The number of rotatable bonds is 9. The lowest BCUT2D eigenvalue weighted by molar-refractivity contribution is -0.313. The molecule has 0 aliphatic heterocycles. The van der Waals surface area contributed by atoms with E-state index in [4.69, 9.17) is 0 Å². The summed E-state index contributed by atoms with van der Waals surface area (Å²) in [4.78, 5) is 33.7. The maximum absolute atomic E-state index is 12.2. The van der Waals surface area contributed by atoms with Crippen LogP contribution >= 0.6 is 0 Å². The van der Waals surface area contributed by atoms with E-state index in [0.717, 1.165) is 6.42 Å². The SMILES string of the molecule is CCC(C)(C)CCC(=O)OCOC(=O)CC(=O)OC(C(F)(F)F)C(F)(F)F. The molecule has 0 aliphatic rings. The van der Waals surface area contributed by atoms with E-state index in [-0.39, 0.29) is 11.8 Å². The monoisotopic (exact) mass is 410 g/mol. The number of ether oxygens (including phenoxy) is 3. The Morgan fingerprint density at radius 1 is 0.852 bits per heavy atom. The van der Waals surface area contributed by atoms with Gasteiger partial charge in [-0.15, -0.1) is 0 Å². The Morgan fingerprint density at radius 2 is 1.33 bits per heavy atom. The molecule has 0 aromatic rings. The molecule has 6 nitrogen and oxygen atoms in total. The molecule has 0 radical (unpaired) electrons. The van der Waals surface area contributed by atoms with Crippen molar-refractivity contribution in [2.24, 2.45) is 5.41 Å². The molecule has 0 saturated heterocycles. The first-order valence-electron chi connectivity index (χ1n) is 7.72. The Hall–Kier alpha value is -2.01. The summed E-state index contributed by atoms with van der Waals surface area (Å²) in [6.07, 6.45) is -16.3. The van der Waals surface area contributed by atoms with E-state index in [1.165, 1.54) is 0 Å². The van der Waals surface area contributed by atoms with E-state index < -0.39 is 49.6 Å². The number of alkyl halides is 6. The standard InChI is InChI=1S/C15H20F6O6/c1-4-13(2,3)6-5-9(22)25-8-26-10(23)7-11(24)27-12(14(16,17)18)15(19,20)21/h12H,4-8H2,1-3H3. The molecule has 0 N–H and O–H groups in total. The zero-order chi connectivity index (χ0) is 21.5. The molecular weight excluding hydrogens is 390 g/mol. The lowest BCUT2D eigenvalue weighted by Gasteiger charge is -2.22. The quantitative estimate of drug-likeness (QED) is 0.250. The van der Waals surface area contributed by atoms with Crippen molar-refractivity contribution in [2.45, 2.75) is 64.9 Å². The molecular formula is C15H20F6O6. The molecule has 0 amide bonds. The van der Waals surface area contributed by atoms with Gasteiger partial charge in [-0.1, -0.05) is 27.2 Å². The summed E-state index contributed by atoms with van der Waals surface area (Å²) in [6, 6.07) is 0. The van der Waals surface area contributed by atoms with Gasteiger partial charge in [0.05, 0.1) is 0 Å². The topological polar surface area (TPSA) is 78.9 Å². The van der Waals surface area contributed by atoms with E-state index in [2.05, 4.69) is 14.2 Å². The highest BCUT2D eigenvalue weighted by Gasteiger charge is 2.59. The van der Waals surface area contributed by atoms with Gasteiger partial charge in [0.2, 0.25) is 6.79 Å². The van der Waals surface area contributed by atoms with E-state index in [1.54, 1.807) is 0 Å². The van der Waals surface area contributed by atoms with E-state index >= 15 is 0 Å². The third-order valence-corrected chi connectivity index (χ3v) is 3.54. The molecule has 0 spiro atoms. The van der Waals surface area contributed by atoms with E-state index in [0.29, 0.717) is 6.42 Å². The van der Waals surface area contributed by atoms with Gasteiger partial charge in [0.1, 0.15) is 6.42 Å². The number of hydrogen-bond donors (Lipinski definition) is 0. The van der Waals surface area contributed by atoms with Crippen LogP contribution in [-0.4, -0.2) is 43.2 Å². The van der Waals surface area contributed by atoms with E-state index in [1.807, 2.05) is 20.8 Å². The molecule has 0 saturated carbocycles. The zero-order valence-corrected chi connectivity index (χ0v) is 14.8. The second-order valence-electron chi connectivity index (χ2n) is 6.30. The number of carbonyl (C=O) groups excluding carboxylic acids is 3. The molecule has 0 aliphatic carbocycles. The molecule has 0 heterocycles. The van der Waals surface area contributed by atoms with Crippen molar-refractivity contribution in [3.63, 3.8) is 0 Å². The minimum absolute atomic E-state index is 0.0132. The summed E-state index contributed by atoms with van der Waals surface area (Å²) in [7, 11) is 0. The normalized spacial score (nSPS) is 12.7. The third kappa shape index (κ3) is 10.7. The van der Waals surface area contributed by atoms with Gasteiger partial charge in [-0.05, 0) is 11.8 Å². The van der Waals surface area contributed by atoms with Crippen LogP contribution in [0.5, 0.6) is 0 Å². The molecule has 0 fully saturated rings. The van der Waals surface area contributed by atoms with Gasteiger partial charge in [0.15, 0.2) is 0 Å². The second-order valence-corrected chi connectivity index (χ2v) is 6.30. The summed E-state index contributed by atoms with van der Waals surface area (Å²) < 4.78 is 85.3. The molecule has 0 aromatic heterocycles. The Morgan fingerprint density at radius 3 is 1.78 bits per heavy atom. The Balaban J connectivity index is 4.32. The maximum Gasteiger partial charge on any atom is 0.434 e. The smallest absolute Gasteiger partial charge is 0.434 e. The molecule has 0 aromatic carbocycles. The van der Waals surface area contributed by atoms with Crippen molar-refractivity contribution >= 4 is 17.9 Å². The first kappa shape index (κ1) is 25.0. The average Bonchev–Trinajstić information content (AvgIpc) is 2.48. The Bertz CT molecular complexity index is 512. The van der Waals surface area contributed by atoms with E-state index in [9.17, 15) is 40.7 Å². The number of esters is 3. The molecule has 27 heavy (non-hydrogen) atoms. The fourth-order valence-electron chi connectivity index (χ4n) is 1.51. The lowest BCUT2D eigenvalue weighted by atomic mass is 9.85. The van der Waals surface area contributed by atoms with Gasteiger partial charge in [-0.3, -0.25) is 14.4 Å². The summed E-state index contributed by atoms with van der Waals surface area (Å²) in [6.45, 7) is 4.83. The minimum atomic E-state index is -5.89. The Kier molecular flexibility index (Phi) is 9.06. The summed E-state index contributed by atoms with van der Waals surface area (Å²) >= 11 is 0.